The smallest absolute Gasteiger partial charge is 0.218 e. The van der Waals surface area contributed by atoms with Crippen LogP contribution in [0, 0.1) is 53.5 Å². The van der Waals surface area contributed by atoms with Crippen molar-refractivity contribution in [3.05, 3.63) is 81.9 Å². The van der Waals surface area contributed by atoms with Gasteiger partial charge in [-0.3, -0.25) is 0 Å². The zero-order valence-corrected chi connectivity index (χ0v) is 21.3. The fourth-order valence-corrected chi connectivity index (χ4v) is 7.13. The van der Waals surface area contributed by atoms with Gasteiger partial charge in [-0.2, -0.15) is 26.3 Å². The van der Waals surface area contributed by atoms with E-state index in [-0.39, 0.29) is 0 Å². The van der Waals surface area contributed by atoms with E-state index in [1.54, 1.807) is 0 Å². The minimum Gasteiger partial charge on any atom is -0.218 e. The van der Waals surface area contributed by atoms with Crippen molar-refractivity contribution in [2.75, 3.05) is 0 Å². The van der Waals surface area contributed by atoms with Gasteiger partial charge in [0.05, 0.1) is 22.3 Å². The second kappa shape index (κ2) is 10.4. The second-order valence-corrected chi connectivity index (χ2v) is 12.6. The van der Waals surface area contributed by atoms with E-state index in [0.717, 1.165) is 12.1 Å². The molecular formula is C22H8F14O4S2. The Hall–Kier alpha value is -3.42. The maximum absolute atomic E-state index is 14.9. The predicted octanol–water partition coefficient (Wildman–Crippen LogP) is 7.31. The van der Waals surface area contributed by atoms with E-state index >= 15 is 0 Å². The molecular weight excluding hydrogens is 658 g/mol. The summed E-state index contributed by atoms with van der Waals surface area (Å²) in [6.07, 6.45) is 0. The Morgan fingerprint density at radius 2 is 0.786 bits per heavy atom. The number of hydrogen-bond donors (Lipinski definition) is 0. The van der Waals surface area contributed by atoms with E-state index in [1.165, 1.54) is 19.1 Å². The van der Waals surface area contributed by atoms with Gasteiger partial charge in [0.1, 0.15) is 0 Å². The van der Waals surface area contributed by atoms with Crippen molar-refractivity contribution >= 4 is 19.7 Å². The summed E-state index contributed by atoms with van der Waals surface area (Å²) in [6.45, 7) is 1.48. The lowest BCUT2D eigenvalue weighted by atomic mass is 9.95. The number of sulfone groups is 2. The predicted molar refractivity (Wildman–Crippen MR) is 114 cm³/mol. The van der Waals surface area contributed by atoms with E-state index in [9.17, 15) is 78.3 Å². The Balaban J connectivity index is 2.49. The Bertz CT molecular complexity index is 1710. The van der Waals surface area contributed by atoms with E-state index in [1.807, 2.05) is 0 Å². The summed E-state index contributed by atoms with van der Waals surface area (Å²) < 4.78 is 239. The first kappa shape index (κ1) is 33.1. The summed E-state index contributed by atoms with van der Waals surface area (Å²) in [7, 11) is -15.9. The minimum atomic E-state index is -7.95. The zero-order valence-electron chi connectivity index (χ0n) is 19.6. The average Bonchev–Trinajstić information content (AvgIpc) is 2.85. The number of rotatable bonds is 5. The highest BCUT2D eigenvalue weighted by Crippen LogP contribution is 2.49. The number of alkyl halides is 6. The molecule has 0 saturated heterocycles. The molecule has 0 heterocycles. The SMILES string of the molecule is Cc1ccc(-c2c(F)c(F)c(-c3c(F)c(F)c(C(S(=O)(=O)C(F)(F)F)S(=O)(=O)C(F)(F)F)c(F)c3F)c(F)c2F)cc1. The van der Waals surface area contributed by atoms with E-state index in [0.29, 0.717) is 5.56 Å². The van der Waals surface area contributed by atoms with Gasteiger partial charge in [0.25, 0.3) is 19.7 Å². The summed E-state index contributed by atoms with van der Waals surface area (Å²) in [4.78, 5) is 0. The summed E-state index contributed by atoms with van der Waals surface area (Å²) in [5.41, 5.74) is -24.8. The number of halogens is 14. The molecule has 0 aromatic heterocycles. The molecule has 4 nitrogen and oxygen atoms in total. The molecule has 0 aliphatic rings. The van der Waals surface area contributed by atoms with Gasteiger partial charge in [-0.15, -0.1) is 0 Å². The Labute approximate surface area is 225 Å². The quantitative estimate of drug-likeness (QED) is 0.212. The first-order chi connectivity index (χ1) is 18.9. The molecule has 0 aliphatic carbocycles. The fraction of sp³-hybridized carbons (Fsp3) is 0.182. The monoisotopic (exact) mass is 666 g/mol. The molecule has 0 spiro atoms. The largest absolute Gasteiger partial charge is 0.499 e. The van der Waals surface area contributed by atoms with Crippen molar-refractivity contribution in [3.63, 3.8) is 0 Å². The van der Waals surface area contributed by atoms with Gasteiger partial charge in [-0.1, -0.05) is 29.8 Å². The van der Waals surface area contributed by atoms with Crippen molar-refractivity contribution in [3.8, 4) is 22.3 Å². The number of aryl methyl sites for hydroxylation is 1. The lowest BCUT2D eigenvalue weighted by Gasteiger charge is -2.23. The van der Waals surface area contributed by atoms with Gasteiger partial charge in [0.2, 0.25) is 4.58 Å². The first-order valence-electron chi connectivity index (χ1n) is 10.3. The molecule has 0 atom stereocenters. The van der Waals surface area contributed by atoms with Crippen LogP contribution >= 0.6 is 0 Å². The van der Waals surface area contributed by atoms with Crippen LogP contribution in [0.25, 0.3) is 22.3 Å². The average molecular weight is 666 g/mol. The highest BCUT2D eigenvalue weighted by molar-refractivity contribution is 8.09. The zero-order chi connectivity index (χ0) is 32.5. The topological polar surface area (TPSA) is 68.3 Å². The van der Waals surface area contributed by atoms with E-state index in [4.69, 9.17) is 0 Å². The Morgan fingerprint density at radius 3 is 1.10 bits per heavy atom. The summed E-state index contributed by atoms with van der Waals surface area (Å²) >= 11 is 0. The first-order valence-corrected chi connectivity index (χ1v) is 13.4. The van der Waals surface area contributed by atoms with Crippen LogP contribution in [-0.4, -0.2) is 27.9 Å². The lowest BCUT2D eigenvalue weighted by molar-refractivity contribution is -0.0473. The molecule has 0 amide bonds. The van der Waals surface area contributed by atoms with Gasteiger partial charge < -0.3 is 0 Å². The van der Waals surface area contributed by atoms with Crippen molar-refractivity contribution in [2.24, 2.45) is 0 Å². The number of benzene rings is 3. The summed E-state index contributed by atoms with van der Waals surface area (Å²) in [5.74, 6) is -24.6. The maximum atomic E-state index is 14.9. The Morgan fingerprint density at radius 1 is 0.500 bits per heavy atom. The van der Waals surface area contributed by atoms with Crippen LogP contribution in [-0.2, 0) is 19.7 Å². The second-order valence-electron chi connectivity index (χ2n) is 8.23. The molecule has 0 aliphatic heterocycles. The van der Waals surface area contributed by atoms with Crippen LogP contribution in [0.3, 0.4) is 0 Å². The third kappa shape index (κ3) is 4.96. The molecule has 20 heteroatoms. The van der Waals surface area contributed by atoms with Gasteiger partial charge in [-0.25, -0.2) is 52.0 Å². The highest BCUT2D eigenvalue weighted by atomic mass is 32.3. The van der Waals surface area contributed by atoms with Crippen LogP contribution in [0.1, 0.15) is 15.7 Å². The molecule has 0 bridgehead atoms. The lowest BCUT2D eigenvalue weighted by Crippen LogP contribution is -2.40. The fourth-order valence-electron chi connectivity index (χ4n) is 3.62. The van der Waals surface area contributed by atoms with Gasteiger partial charge in [0.15, 0.2) is 46.5 Å². The number of hydrogen-bond acceptors (Lipinski definition) is 4. The third-order valence-electron chi connectivity index (χ3n) is 5.60. The minimum absolute atomic E-state index is 0.464. The van der Waals surface area contributed by atoms with Gasteiger partial charge in [0, 0.05) is 0 Å². The van der Waals surface area contributed by atoms with Gasteiger partial charge in [-0.05, 0) is 12.5 Å². The third-order valence-corrected chi connectivity index (χ3v) is 10.0. The molecule has 0 fully saturated rings. The van der Waals surface area contributed by atoms with E-state index in [2.05, 4.69) is 0 Å². The molecule has 3 aromatic rings. The van der Waals surface area contributed by atoms with Crippen LogP contribution in [0.5, 0.6) is 0 Å². The molecule has 3 rings (SSSR count). The molecule has 3 aromatic carbocycles. The van der Waals surface area contributed by atoms with Crippen molar-refractivity contribution in [2.45, 2.75) is 22.5 Å². The highest BCUT2D eigenvalue weighted by Gasteiger charge is 2.65. The molecule has 230 valence electrons. The van der Waals surface area contributed by atoms with Gasteiger partial charge >= 0.3 is 11.0 Å². The van der Waals surface area contributed by atoms with Crippen molar-refractivity contribution < 1.29 is 78.3 Å². The molecule has 0 saturated carbocycles. The van der Waals surface area contributed by atoms with Crippen LogP contribution in [0.4, 0.5) is 61.5 Å². The maximum Gasteiger partial charge on any atom is 0.499 e. The molecule has 0 unspecified atom stereocenters. The van der Waals surface area contributed by atoms with Crippen molar-refractivity contribution in [1.29, 1.82) is 0 Å². The van der Waals surface area contributed by atoms with Crippen LogP contribution in [0.15, 0.2) is 24.3 Å². The van der Waals surface area contributed by atoms with Crippen LogP contribution < -0.4 is 0 Å². The summed E-state index contributed by atoms with van der Waals surface area (Å²) in [6, 6.07) is 4.18. The van der Waals surface area contributed by atoms with E-state index < -0.39 is 110 Å². The summed E-state index contributed by atoms with van der Waals surface area (Å²) in [5, 5.41) is 0. The molecule has 42 heavy (non-hydrogen) atoms. The molecule has 0 radical (unpaired) electrons. The van der Waals surface area contributed by atoms with Crippen LogP contribution in [0.2, 0.25) is 0 Å². The Kier molecular flexibility index (Phi) is 8.18. The van der Waals surface area contributed by atoms with Crippen molar-refractivity contribution in [1.82, 2.24) is 0 Å². The molecule has 0 N–H and O–H groups in total. The standard InChI is InChI=1S/C22H8F14O4S2/c1-6-2-4-7(5-3-6)8-12(23)14(25)9(15(26)13(8)24)10-16(27)18(29)11(19(30)17(10)28)20(41(37,38)21(31,32)33)42(39,40)22(34,35)36/h2-5,20H,1H3. The normalized spacial score (nSPS) is 13.2.